The van der Waals surface area contributed by atoms with Crippen molar-refractivity contribution in [3.63, 3.8) is 0 Å². The fraction of sp³-hybridized carbons (Fsp3) is 0.115. The smallest absolute Gasteiger partial charge is 0.339 e. The van der Waals surface area contributed by atoms with Gasteiger partial charge in [-0.3, -0.25) is 9.59 Å². The second-order valence-electron chi connectivity index (χ2n) is 7.47. The summed E-state index contributed by atoms with van der Waals surface area (Å²) in [5.74, 6) is -1.20. The molecule has 4 rings (SSSR count). The molecule has 3 N–H and O–H groups in total. The number of para-hydroxylation sites is 3. The highest BCUT2D eigenvalue weighted by molar-refractivity contribution is 6.12. The monoisotopic (exact) mass is 441 g/mol. The molecular weight excluding hydrogens is 418 g/mol. The van der Waals surface area contributed by atoms with Crippen LogP contribution in [0.15, 0.2) is 78.9 Å². The van der Waals surface area contributed by atoms with Crippen LogP contribution < -0.4 is 10.6 Å². The minimum Gasteiger partial charge on any atom is -0.465 e. The second kappa shape index (κ2) is 9.82. The van der Waals surface area contributed by atoms with Gasteiger partial charge >= 0.3 is 5.97 Å². The van der Waals surface area contributed by atoms with Gasteiger partial charge in [-0.2, -0.15) is 0 Å². The summed E-state index contributed by atoms with van der Waals surface area (Å²) in [7, 11) is 1.28. The van der Waals surface area contributed by atoms with Crippen molar-refractivity contribution in [2.45, 2.75) is 12.8 Å². The molecule has 0 saturated heterocycles. The fourth-order valence-electron chi connectivity index (χ4n) is 3.59. The van der Waals surface area contributed by atoms with Crippen molar-refractivity contribution in [2.24, 2.45) is 0 Å². The highest BCUT2D eigenvalue weighted by Crippen LogP contribution is 2.21. The Morgan fingerprint density at radius 2 is 1.45 bits per heavy atom. The Balaban J connectivity index is 1.44. The fourth-order valence-corrected chi connectivity index (χ4v) is 3.59. The molecule has 33 heavy (non-hydrogen) atoms. The number of rotatable bonds is 7. The number of hydrogen-bond donors (Lipinski definition) is 3. The number of methoxy groups -OCH3 is 1. The molecular formula is C26H23N3O4. The van der Waals surface area contributed by atoms with E-state index >= 15 is 0 Å². The van der Waals surface area contributed by atoms with Gasteiger partial charge in [0.1, 0.15) is 0 Å². The van der Waals surface area contributed by atoms with Crippen LogP contribution >= 0.6 is 0 Å². The maximum Gasteiger partial charge on any atom is 0.339 e. The van der Waals surface area contributed by atoms with Crippen LogP contribution in [0, 0.1) is 0 Å². The van der Waals surface area contributed by atoms with Crippen molar-refractivity contribution in [3.05, 3.63) is 95.7 Å². The van der Waals surface area contributed by atoms with Crippen molar-refractivity contribution in [1.29, 1.82) is 0 Å². The van der Waals surface area contributed by atoms with Gasteiger partial charge in [0.15, 0.2) is 0 Å². The Bertz CT molecular complexity index is 1290. The average Bonchev–Trinajstić information content (AvgIpc) is 3.26. The molecule has 2 amide bonds. The van der Waals surface area contributed by atoms with Gasteiger partial charge < -0.3 is 20.4 Å². The van der Waals surface area contributed by atoms with E-state index in [2.05, 4.69) is 15.6 Å². The van der Waals surface area contributed by atoms with Crippen molar-refractivity contribution < 1.29 is 19.1 Å². The Morgan fingerprint density at radius 1 is 0.818 bits per heavy atom. The minimum atomic E-state index is -0.551. The largest absolute Gasteiger partial charge is 0.465 e. The van der Waals surface area contributed by atoms with Gasteiger partial charge in [-0.15, -0.1) is 0 Å². The van der Waals surface area contributed by atoms with Crippen LogP contribution in [0.1, 0.15) is 32.8 Å². The number of anilines is 2. The van der Waals surface area contributed by atoms with Crippen LogP contribution in [-0.4, -0.2) is 29.9 Å². The summed E-state index contributed by atoms with van der Waals surface area (Å²) in [5.41, 5.74) is 3.25. The van der Waals surface area contributed by atoms with Crippen LogP contribution in [0.5, 0.6) is 0 Å². The number of carbonyl (C=O) groups is 3. The summed E-state index contributed by atoms with van der Waals surface area (Å²) < 4.78 is 4.77. The van der Waals surface area contributed by atoms with Gasteiger partial charge in [-0.1, -0.05) is 42.5 Å². The molecule has 0 spiro atoms. The first-order valence-electron chi connectivity index (χ1n) is 10.5. The lowest BCUT2D eigenvalue weighted by Gasteiger charge is -2.13. The van der Waals surface area contributed by atoms with Crippen LogP contribution in [0.4, 0.5) is 11.4 Å². The number of H-pyrrole nitrogens is 1. The predicted octanol–water partition coefficient (Wildman–Crippen LogP) is 4.78. The molecule has 1 heterocycles. The Kier molecular flexibility index (Phi) is 6.50. The SMILES string of the molecule is COC(=O)c1ccccc1NC(=O)c1ccccc1NC(=O)CCc1cc2ccccc2[nH]1. The van der Waals surface area contributed by atoms with Crippen LogP contribution in [-0.2, 0) is 16.0 Å². The number of aromatic nitrogens is 1. The third kappa shape index (κ3) is 5.10. The molecule has 4 aromatic rings. The first-order chi connectivity index (χ1) is 16.0. The summed E-state index contributed by atoms with van der Waals surface area (Å²) in [6.07, 6.45) is 0.801. The molecule has 0 fully saturated rings. The topological polar surface area (TPSA) is 100 Å². The van der Waals surface area contributed by atoms with Gasteiger partial charge in [0.25, 0.3) is 5.91 Å². The molecule has 0 aliphatic rings. The van der Waals surface area contributed by atoms with Crippen molar-refractivity contribution in [2.75, 3.05) is 17.7 Å². The van der Waals surface area contributed by atoms with Gasteiger partial charge in [-0.05, 0) is 48.2 Å². The predicted molar refractivity (Wildman–Crippen MR) is 127 cm³/mol. The number of amides is 2. The molecule has 0 aliphatic carbocycles. The third-order valence-electron chi connectivity index (χ3n) is 5.23. The van der Waals surface area contributed by atoms with Crippen LogP contribution in [0.3, 0.4) is 0 Å². The van der Waals surface area contributed by atoms with Gasteiger partial charge in [0, 0.05) is 17.6 Å². The maximum absolute atomic E-state index is 12.9. The number of hydrogen-bond acceptors (Lipinski definition) is 4. The molecule has 166 valence electrons. The molecule has 0 saturated carbocycles. The van der Waals surface area contributed by atoms with Crippen molar-refractivity contribution >= 4 is 40.1 Å². The summed E-state index contributed by atoms with van der Waals surface area (Å²) in [4.78, 5) is 40.8. The van der Waals surface area contributed by atoms with Gasteiger partial charge in [-0.25, -0.2) is 4.79 Å². The standard InChI is InChI=1S/C26H23N3O4/c1-33-26(32)20-10-4-7-13-23(20)29-25(31)19-9-3-6-12-22(19)28-24(30)15-14-18-16-17-8-2-5-11-21(17)27-18/h2-13,16,27H,14-15H2,1H3,(H,28,30)(H,29,31). The minimum absolute atomic E-state index is 0.205. The third-order valence-corrected chi connectivity index (χ3v) is 5.23. The highest BCUT2D eigenvalue weighted by Gasteiger charge is 2.17. The van der Waals surface area contributed by atoms with E-state index in [-0.39, 0.29) is 23.5 Å². The van der Waals surface area contributed by atoms with E-state index in [4.69, 9.17) is 4.74 Å². The summed E-state index contributed by atoms with van der Waals surface area (Å²) in [6.45, 7) is 0. The lowest BCUT2D eigenvalue weighted by Crippen LogP contribution is -2.19. The van der Waals surface area contributed by atoms with E-state index in [0.29, 0.717) is 17.8 Å². The number of ether oxygens (including phenoxy) is 1. The van der Waals surface area contributed by atoms with E-state index in [1.165, 1.54) is 7.11 Å². The number of carbonyl (C=O) groups excluding carboxylic acids is 3. The molecule has 7 nitrogen and oxygen atoms in total. The van der Waals surface area contributed by atoms with Crippen molar-refractivity contribution in [1.82, 2.24) is 4.98 Å². The summed E-state index contributed by atoms with van der Waals surface area (Å²) in [5, 5.41) is 6.66. The Labute approximate surface area is 190 Å². The van der Waals surface area contributed by atoms with E-state index < -0.39 is 11.9 Å². The second-order valence-corrected chi connectivity index (χ2v) is 7.47. The molecule has 3 aromatic carbocycles. The highest BCUT2D eigenvalue weighted by atomic mass is 16.5. The summed E-state index contributed by atoms with van der Waals surface area (Å²) >= 11 is 0. The lowest BCUT2D eigenvalue weighted by molar-refractivity contribution is -0.116. The molecule has 0 unspecified atom stereocenters. The van der Waals surface area contributed by atoms with Gasteiger partial charge in [0.2, 0.25) is 5.91 Å². The van der Waals surface area contributed by atoms with Crippen LogP contribution in [0.25, 0.3) is 10.9 Å². The molecule has 0 bridgehead atoms. The van der Waals surface area contributed by atoms with E-state index in [1.54, 1.807) is 48.5 Å². The zero-order valence-electron chi connectivity index (χ0n) is 18.1. The molecule has 0 radical (unpaired) electrons. The summed E-state index contributed by atoms with van der Waals surface area (Å²) in [6, 6.07) is 23.3. The average molecular weight is 441 g/mol. The van der Waals surface area contributed by atoms with Crippen LogP contribution in [0.2, 0.25) is 0 Å². The maximum atomic E-state index is 12.9. The molecule has 0 atom stereocenters. The van der Waals surface area contributed by atoms with E-state index in [0.717, 1.165) is 16.6 Å². The van der Waals surface area contributed by atoms with Gasteiger partial charge in [0.05, 0.1) is 29.6 Å². The number of esters is 1. The van der Waals surface area contributed by atoms with E-state index in [9.17, 15) is 14.4 Å². The molecule has 0 aliphatic heterocycles. The Hall–Kier alpha value is -4.39. The Morgan fingerprint density at radius 3 is 2.18 bits per heavy atom. The molecule has 7 heteroatoms. The number of aryl methyl sites for hydroxylation is 1. The molecule has 1 aromatic heterocycles. The zero-order valence-corrected chi connectivity index (χ0v) is 18.1. The first kappa shape index (κ1) is 21.8. The van der Waals surface area contributed by atoms with E-state index in [1.807, 2.05) is 30.3 Å². The normalized spacial score (nSPS) is 10.6. The number of benzene rings is 3. The van der Waals surface area contributed by atoms with Crippen molar-refractivity contribution in [3.8, 4) is 0 Å². The number of aromatic amines is 1. The quantitative estimate of drug-likeness (QED) is 0.359. The number of fused-ring (bicyclic) bond motifs is 1. The number of nitrogens with one attached hydrogen (secondary N) is 3. The lowest BCUT2D eigenvalue weighted by atomic mass is 10.1. The zero-order chi connectivity index (χ0) is 23.2. The first-order valence-corrected chi connectivity index (χ1v) is 10.5.